The summed E-state index contributed by atoms with van der Waals surface area (Å²) < 4.78 is 0. The normalized spacial score (nSPS) is 8.85. The first-order valence-electron chi connectivity index (χ1n) is 3.78. The third kappa shape index (κ3) is 3.75. The van der Waals surface area contributed by atoms with Gasteiger partial charge < -0.3 is 15.9 Å². The highest BCUT2D eigenvalue weighted by atomic mass is 16.3. The minimum atomic E-state index is -0.0919. The van der Waals surface area contributed by atoms with Crippen LogP contribution in [0.25, 0.3) is 0 Å². The molecule has 5 heteroatoms. The summed E-state index contributed by atoms with van der Waals surface area (Å²) in [6.07, 6.45) is 0.716. The summed E-state index contributed by atoms with van der Waals surface area (Å²) in [6, 6.07) is 4.71. The number of hydrazine groups is 1. The van der Waals surface area contributed by atoms with Crippen molar-refractivity contribution in [1.29, 1.82) is 0 Å². The van der Waals surface area contributed by atoms with Crippen molar-refractivity contribution < 1.29 is 10.2 Å². The average Bonchev–Trinajstić information content (AvgIpc) is 2.15. The molecule has 0 aromatic heterocycles. The molecule has 0 spiro atoms. The van der Waals surface area contributed by atoms with E-state index in [1.807, 2.05) is 0 Å². The molecule has 1 aromatic rings. The molecule has 74 valence electrons. The van der Waals surface area contributed by atoms with Crippen molar-refractivity contribution in [3.63, 3.8) is 0 Å². The predicted molar refractivity (Wildman–Crippen MR) is 50.9 cm³/mol. The topological polar surface area (TPSA) is 119 Å². The lowest BCUT2D eigenvalue weighted by atomic mass is 10.1. The quantitative estimate of drug-likeness (QED) is 0.240. The number of hydrogen-bond acceptors (Lipinski definition) is 5. The fraction of sp³-hybridized carbons (Fsp3) is 0.250. The zero-order chi connectivity index (χ0) is 10.3. The molecule has 0 aliphatic rings. The summed E-state index contributed by atoms with van der Waals surface area (Å²) in [4.78, 5) is 0. The lowest BCUT2D eigenvalue weighted by Crippen LogP contribution is -2.02. The van der Waals surface area contributed by atoms with Gasteiger partial charge in [0.2, 0.25) is 0 Å². The van der Waals surface area contributed by atoms with Gasteiger partial charge in [0.05, 0.1) is 0 Å². The van der Waals surface area contributed by atoms with Crippen LogP contribution in [0.15, 0.2) is 18.2 Å². The van der Waals surface area contributed by atoms with E-state index < -0.39 is 0 Å². The summed E-state index contributed by atoms with van der Waals surface area (Å²) in [5.74, 6) is 7.82. The van der Waals surface area contributed by atoms with Crippen LogP contribution in [0.2, 0.25) is 0 Å². The Morgan fingerprint density at radius 2 is 1.69 bits per heavy atom. The highest BCUT2D eigenvalue weighted by molar-refractivity contribution is 5.40. The summed E-state index contributed by atoms with van der Waals surface area (Å²) in [5.41, 5.74) is 6.24. The Bertz CT molecular complexity index is 253. The number of phenolic OH excluding ortho intramolecular Hbond substituents is 2. The maximum absolute atomic E-state index is 9.04. The van der Waals surface area contributed by atoms with Crippen molar-refractivity contribution in [2.75, 3.05) is 6.54 Å². The standard InChI is InChI=1S/C8H11NO2.H4N2/c9-4-3-6-1-2-7(10)8(11)5-6;1-2/h1-2,5,10-11H,3-4,9H2;1-2H2. The van der Waals surface area contributed by atoms with Gasteiger partial charge in [-0.1, -0.05) is 6.07 Å². The first kappa shape index (κ1) is 11.7. The zero-order valence-electron chi connectivity index (χ0n) is 7.27. The van der Waals surface area contributed by atoms with Crippen molar-refractivity contribution in [3.8, 4) is 11.5 Å². The average molecular weight is 185 g/mol. The Morgan fingerprint density at radius 1 is 1.08 bits per heavy atom. The minimum Gasteiger partial charge on any atom is -0.504 e. The molecule has 0 heterocycles. The van der Waals surface area contributed by atoms with Crippen LogP contribution in [0, 0.1) is 0 Å². The number of rotatable bonds is 2. The molecule has 0 amide bonds. The highest BCUT2D eigenvalue weighted by Gasteiger charge is 1.98. The van der Waals surface area contributed by atoms with Gasteiger partial charge in [0, 0.05) is 0 Å². The molecule has 1 aromatic carbocycles. The van der Waals surface area contributed by atoms with E-state index in [0.29, 0.717) is 13.0 Å². The van der Waals surface area contributed by atoms with Gasteiger partial charge in [-0.05, 0) is 30.7 Å². The summed E-state index contributed by atoms with van der Waals surface area (Å²) in [6.45, 7) is 0.546. The summed E-state index contributed by atoms with van der Waals surface area (Å²) in [7, 11) is 0. The lowest BCUT2D eigenvalue weighted by molar-refractivity contribution is 0.403. The maximum Gasteiger partial charge on any atom is 0.157 e. The molecule has 13 heavy (non-hydrogen) atoms. The van der Waals surface area contributed by atoms with Crippen LogP contribution in [-0.2, 0) is 6.42 Å². The van der Waals surface area contributed by atoms with E-state index >= 15 is 0 Å². The molecule has 0 unspecified atom stereocenters. The van der Waals surface area contributed by atoms with Gasteiger partial charge in [0.1, 0.15) is 0 Å². The van der Waals surface area contributed by atoms with Crippen LogP contribution in [0.3, 0.4) is 0 Å². The molecular weight excluding hydrogens is 170 g/mol. The van der Waals surface area contributed by atoms with Crippen LogP contribution in [0.4, 0.5) is 0 Å². The van der Waals surface area contributed by atoms with Gasteiger partial charge in [-0.25, -0.2) is 0 Å². The first-order chi connectivity index (χ1) is 6.24. The van der Waals surface area contributed by atoms with E-state index in [0.717, 1.165) is 5.56 Å². The van der Waals surface area contributed by atoms with Crippen molar-refractivity contribution >= 4 is 0 Å². The van der Waals surface area contributed by atoms with Gasteiger partial charge in [0.25, 0.3) is 0 Å². The Hall–Kier alpha value is -1.30. The van der Waals surface area contributed by atoms with Crippen molar-refractivity contribution in [1.82, 2.24) is 0 Å². The van der Waals surface area contributed by atoms with Crippen LogP contribution >= 0.6 is 0 Å². The number of aromatic hydroxyl groups is 2. The molecule has 0 aliphatic heterocycles. The molecule has 0 fully saturated rings. The van der Waals surface area contributed by atoms with Crippen LogP contribution in [-0.4, -0.2) is 16.8 Å². The minimum absolute atomic E-state index is 0.0871. The second kappa shape index (κ2) is 6.24. The fourth-order valence-corrected chi connectivity index (χ4v) is 0.891. The molecule has 0 atom stereocenters. The first-order valence-corrected chi connectivity index (χ1v) is 3.78. The SMILES string of the molecule is NCCc1ccc(O)c(O)c1.NN. The van der Waals surface area contributed by atoms with Crippen LogP contribution in [0.1, 0.15) is 5.56 Å². The highest BCUT2D eigenvalue weighted by Crippen LogP contribution is 2.24. The zero-order valence-corrected chi connectivity index (χ0v) is 7.27. The second-order valence-corrected chi connectivity index (χ2v) is 2.36. The Labute approximate surface area is 76.7 Å². The lowest BCUT2D eigenvalue weighted by Gasteiger charge is -2.00. The largest absolute Gasteiger partial charge is 0.504 e. The van der Waals surface area contributed by atoms with Gasteiger partial charge in [-0.2, -0.15) is 0 Å². The molecule has 0 saturated carbocycles. The van der Waals surface area contributed by atoms with Gasteiger partial charge in [0.15, 0.2) is 11.5 Å². The Kier molecular flexibility index (Phi) is 5.62. The van der Waals surface area contributed by atoms with E-state index in [9.17, 15) is 0 Å². The number of benzene rings is 1. The van der Waals surface area contributed by atoms with Crippen molar-refractivity contribution in [3.05, 3.63) is 23.8 Å². The van der Waals surface area contributed by atoms with Gasteiger partial charge in [-0.3, -0.25) is 11.7 Å². The van der Waals surface area contributed by atoms with Gasteiger partial charge >= 0.3 is 0 Å². The molecule has 1 rings (SSSR count). The molecule has 8 N–H and O–H groups in total. The van der Waals surface area contributed by atoms with Crippen LogP contribution < -0.4 is 17.4 Å². The monoisotopic (exact) mass is 185 g/mol. The molecule has 0 radical (unpaired) electrons. The fourth-order valence-electron chi connectivity index (χ4n) is 0.891. The second-order valence-electron chi connectivity index (χ2n) is 2.36. The Morgan fingerprint density at radius 3 is 2.15 bits per heavy atom. The number of hydrogen-bond donors (Lipinski definition) is 5. The molecule has 0 aliphatic carbocycles. The summed E-state index contributed by atoms with van der Waals surface area (Å²) in [5, 5.41) is 18.0. The number of phenols is 2. The van der Waals surface area contributed by atoms with E-state index in [1.165, 1.54) is 12.1 Å². The molecule has 5 nitrogen and oxygen atoms in total. The third-order valence-electron chi connectivity index (χ3n) is 1.47. The predicted octanol–water partition coefficient (Wildman–Crippen LogP) is -0.582. The van der Waals surface area contributed by atoms with E-state index in [-0.39, 0.29) is 11.5 Å². The molecular formula is C8H15N3O2. The van der Waals surface area contributed by atoms with Crippen LogP contribution in [0.5, 0.6) is 11.5 Å². The van der Waals surface area contributed by atoms with Crippen molar-refractivity contribution in [2.24, 2.45) is 17.4 Å². The van der Waals surface area contributed by atoms with E-state index in [2.05, 4.69) is 11.7 Å². The van der Waals surface area contributed by atoms with Crippen molar-refractivity contribution in [2.45, 2.75) is 6.42 Å². The number of nitrogens with two attached hydrogens (primary N) is 3. The van der Waals surface area contributed by atoms with E-state index in [1.54, 1.807) is 6.07 Å². The summed E-state index contributed by atoms with van der Waals surface area (Å²) >= 11 is 0. The molecule has 0 saturated heterocycles. The van der Waals surface area contributed by atoms with E-state index in [4.69, 9.17) is 15.9 Å². The third-order valence-corrected chi connectivity index (χ3v) is 1.47. The Balaban J connectivity index is 0.000000671. The maximum atomic E-state index is 9.04. The smallest absolute Gasteiger partial charge is 0.157 e. The molecule has 0 bridgehead atoms. The van der Waals surface area contributed by atoms with Gasteiger partial charge in [-0.15, -0.1) is 0 Å².